The Morgan fingerprint density at radius 2 is 2.09 bits per heavy atom. The number of benzene rings is 1. The summed E-state index contributed by atoms with van der Waals surface area (Å²) >= 11 is 3.42. The van der Waals surface area contributed by atoms with Gasteiger partial charge in [0, 0.05) is 35.0 Å². The fourth-order valence-corrected chi connectivity index (χ4v) is 2.75. The highest BCUT2D eigenvalue weighted by Crippen LogP contribution is 2.23. The largest absolute Gasteiger partial charge is 0.385 e. The van der Waals surface area contributed by atoms with Gasteiger partial charge >= 0.3 is 0 Å². The summed E-state index contributed by atoms with van der Waals surface area (Å²) in [5.74, 6) is 1.47. The molecule has 0 saturated heterocycles. The average Bonchev–Trinajstić information content (AvgIpc) is 3.17. The Kier molecular flexibility index (Phi) is 4.93. The number of aromatic nitrogens is 3. The molecule has 23 heavy (non-hydrogen) atoms. The van der Waals surface area contributed by atoms with Crippen LogP contribution in [0.2, 0.25) is 0 Å². The number of aliphatic hydroxyl groups excluding tert-OH is 1. The minimum Gasteiger partial charge on any atom is -0.385 e. The van der Waals surface area contributed by atoms with Gasteiger partial charge in [0.05, 0.1) is 5.69 Å². The molecule has 2 aromatic heterocycles. The van der Waals surface area contributed by atoms with Crippen LogP contribution < -0.4 is 0 Å². The van der Waals surface area contributed by atoms with Crippen LogP contribution in [0.15, 0.2) is 51.7 Å². The first-order chi connectivity index (χ1) is 11.1. The second-order valence-electron chi connectivity index (χ2n) is 5.45. The Labute approximate surface area is 143 Å². The normalized spacial score (nSPS) is 12.5. The minimum atomic E-state index is -0.555. The maximum atomic E-state index is 9.64. The van der Waals surface area contributed by atoms with Crippen molar-refractivity contribution in [3.63, 3.8) is 0 Å². The second kappa shape index (κ2) is 7.10. The van der Waals surface area contributed by atoms with Crippen LogP contribution in [0, 0.1) is 0 Å². The van der Waals surface area contributed by atoms with E-state index in [1.54, 1.807) is 13.1 Å². The lowest BCUT2D eigenvalue weighted by molar-refractivity contribution is 0.183. The van der Waals surface area contributed by atoms with E-state index in [0.29, 0.717) is 5.82 Å². The third-order valence-corrected chi connectivity index (χ3v) is 4.17. The molecule has 0 radical (unpaired) electrons. The van der Waals surface area contributed by atoms with E-state index in [1.165, 1.54) is 0 Å². The molecule has 0 bridgehead atoms. The third kappa shape index (κ3) is 3.89. The van der Waals surface area contributed by atoms with Crippen LogP contribution in [0.4, 0.5) is 0 Å². The van der Waals surface area contributed by atoms with Gasteiger partial charge in [0.1, 0.15) is 11.9 Å². The van der Waals surface area contributed by atoms with E-state index < -0.39 is 6.10 Å². The summed E-state index contributed by atoms with van der Waals surface area (Å²) in [5, 5.41) is 13.8. The molecule has 5 nitrogen and oxygen atoms in total. The average molecular weight is 376 g/mol. The summed E-state index contributed by atoms with van der Waals surface area (Å²) in [6.07, 6.45) is 4.77. The van der Waals surface area contributed by atoms with Gasteiger partial charge in [-0.15, -0.1) is 0 Å². The van der Waals surface area contributed by atoms with Gasteiger partial charge in [0.15, 0.2) is 5.76 Å². The Morgan fingerprint density at radius 3 is 2.83 bits per heavy atom. The molecule has 1 atom stereocenters. The van der Waals surface area contributed by atoms with Crippen molar-refractivity contribution in [3.05, 3.63) is 58.7 Å². The molecular weight excluding hydrogens is 358 g/mol. The van der Waals surface area contributed by atoms with E-state index in [1.807, 2.05) is 41.1 Å². The molecule has 0 fully saturated rings. The molecule has 6 heteroatoms. The van der Waals surface area contributed by atoms with Crippen LogP contribution in [0.3, 0.4) is 0 Å². The molecule has 1 aromatic carbocycles. The summed E-state index contributed by atoms with van der Waals surface area (Å²) in [6.45, 7) is 2.52. The molecule has 2 heterocycles. The second-order valence-corrected chi connectivity index (χ2v) is 6.36. The van der Waals surface area contributed by atoms with Gasteiger partial charge in [0.2, 0.25) is 0 Å². The van der Waals surface area contributed by atoms with Gasteiger partial charge in [-0.05, 0) is 31.9 Å². The number of imidazole rings is 1. The van der Waals surface area contributed by atoms with Gasteiger partial charge in [-0.2, -0.15) is 0 Å². The SMILES string of the molecule is C[C@H](O)c1nccn1CCCc1cc(-c2ccc(Br)cc2)on1. The van der Waals surface area contributed by atoms with Gasteiger partial charge in [-0.3, -0.25) is 0 Å². The fourth-order valence-electron chi connectivity index (χ4n) is 2.49. The number of halogens is 1. The van der Waals surface area contributed by atoms with E-state index in [-0.39, 0.29) is 0 Å². The molecular formula is C17H18BrN3O2. The topological polar surface area (TPSA) is 64.1 Å². The summed E-state index contributed by atoms with van der Waals surface area (Å²) in [7, 11) is 0. The number of aryl methyl sites for hydroxylation is 2. The van der Waals surface area contributed by atoms with Crippen LogP contribution in [-0.2, 0) is 13.0 Å². The Balaban J connectivity index is 1.59. The Morgan fingerprint density at radius 1 is 1.30 bits per heavy atom. The zero-order chi connectivity index (χ0) is 16.2. The van der Waals surface area contributed by atoms with Crippen LogP contribution in [-0.4, -0.2) is 19.8 Å². The molecule has 3 rings (SSSR count). The number of rotatable bonds is 6. The van der Waals surface area contributed by atoms with Crippen LogP contribution >= 0.6 is 15.9 Å². The van der Waals surface area contributed by atoms with Crippen molar-refractivity contribution in [3.8, 4) is 11.3 Å². The zero-order valence-electron chi connectivity index (χ0n) is 12.8. The number of hydrogen-bond acceptors (Lipinski definition) is 4. The molecule has 0 unspecified atom stereocenters. The van der Waals surface area contributed by atoms with E-state index in [4.69, 9.17) is 4.52 Å². The highest BCUT2D eigenvalue weighted by molar-refractivity contribution is 9.10. The lowest BCUT2D eigenvalue weighted by atomic mass is 10.1. The maximum absolute atomic E-state index is 9.64. The predicted octanol–water partition coefficient (Wildman–Crippen LogP) is 3.99. The molecule has 3 aromatic rings. The van der Waals surface area contributed by atoms with Crippen LogP contribution in [0.1, 0.15) is 31.0 Å². The van der Waals surface area contributed by atoms with Crippen molar-refractivity contribution in [1.82, 2.24) is 14.7 Å². The zero-order valence-corrected chi connectivity index (χ0v) is 14.4. The van der Waals surface area contributed by atoms with Crippen LogP contribution in [0.5, 0.6) is 0 Å². The quantitative estimate of drug-likeness (QED) is 0.707. The van der Waals surface area contributed by atoms with E-state index in [9.17, 15) is 5.11 Å². The third-order valence-electron chi connectivity index (χ3n) is 3.64. The molecule has 0 saturated carbocycles. The molecule has 0 aliphatic heterocycles. The summed E-state index contributed by atoms with van der Waals surface area (Å²) in [5.41, 5.74) is 1.94. The van der Waals surface area contributed by atoms with Crippen LogP contribution in [0.25, 0.3) is 11.3 Å². The number of aliphatic hydroxyl groups is 1. The summed E-state index contributed by atoms with van der Waals surface area (Å²) < 4.78 is 8.43. The van der Waals surface area contributed by atoms with Crippen molar-refractivity contribution in [2.75, 3.05) is 0 Å². The standard InChI is InChI=1S/C17H18BrN3O2/c1-12(22)17-19-8-10-21(17)9-2-3-15-11-16(23-20-15)13-4-6-14(18)7-5-13/h4-8,10-12,22H,2-3,9H2,1H3/t12-/m0/s1. The molecule has 0 spiro atoms. The van der Waals surface area contributed by atoms with Crippen molar-refractivity contribution in [1.29, 1.82) is 0 Å². The van der Waals surface area contributed by atoms with Gasteiger partial charge in [-0.25, -0.2) is 4.98 Å². The molecule has 1 N–H and O–H groups in total. The number of nitrogens with zero attached hydrogens (tertiary/aromatic N) is 3. The van der Waals surface area contributed by atoms with Crippen molar-refractivity contribution >= 4 is 15.9 Å². The molecule has 0 aliphatic carbocycles. The first-order valence-electron chi connectivity index (χ1n) is 7.54. The van der Waals surface area contributed by atoms with Crippen molar-refractivity contribution < 1.29 is 9.63 Å². The predicted molar refractivity (Wildman–Crippen MR) is 90.8 cm³/mol. The smallest absolute Gasteiger partial charge is 0.167 e. The van der Waals surface area contributed by atoms with Gasteiger partial charge < -0.3 is 14.2 Å². The highest BCUT2D eigenvalue weighted by atomic mass is 79.9. The summed E-state index contributed by atoms with van der Waals surface area (Å²) in [4.78, 5) is 4.17. The van der Waals surface area contributed by atoms with Gasteiger partial charge in [0.25, 0.3) is 0 Å². The van der Waals surface area contributed by atoms with Crippen molar-refractivity contribution in [2.24, 2.45) is 0 Å². The lowest BCUT2D eigenvalue weighted by Crippen LogP contribution is -2.07. The maximum Gasteiger partial charge on any atom is 0.167 e. The Hall–Kier alpha value is -1.92. The molecule has 0 aliphatic rings. The Bertz CT molecular complexity index is 762. The van der Waals surface area contributed by atoms with E-state index >= 15 is 0 Å². The molecule has 0 amide bonds. The van der Waals surface area contributed by atoms with Gasteiger partial charge in [-0.1, -0.05) is 33.2 Å². The highest BCUT2D eigenvalue weighted by Gasteiger charge is 2.10. The lowest BCUT2D eigenvalue weighted by Gasteiger charge is -2.08. The molecule has 120 valence electrons. The monoisotopic (exact) mass is 375 g/mol. The van der Waals surface area contributed by atoms with Crippen molar-refractivity contribution in [2.45, 2.75) is 32.4 Å². The summed E-state index contributed by atoms with van der Waals surface area (Å²) in [6, 6.07) is 9.93. The number of hydrogen-bond donors (Lipinski definition) is 1. The van der Waals surface area contributed by atoms with E-state index in [2.05, 4.69) is 26.1 Å². The first-order valence-corrected chi connectivity index (χ1v) is 8.33. The van der Waals surface area contributed by atoms with E-state index in [0.717, 1.165) is 40.9 Å². The minimum absolute atomic E-state index is 0.555. The fraction of sp³-hybridized carbons (Fsp3) is 0.294. The first kappa shape index (κ1) is 16.0.